The topological polar surface area (TPSA) is 27.7 Å². The Kier molecular flexibility index (Phi) is 6.95. The summed E-state index contributed by atoms with van der Waals surface area (Å²) in [4.78, 5) is 0. The van der Waals surface area contributed by atoms with Crippen molar-refractivity contribution < 1.29 is 13.9 Å². The third kappa shape index (κ3) is 4.88. The molecule has 0 heterocycles. The van der Waals surface area contributed by atoms with Crippen LogP contribution in [0.25, 0.3) is 0 Å². The molecule has 0 bridgehead atoms. The van der Waals surface area contributed by atoms with E-state index >= 15 is 0 Å². The zero-order valence-electron chi connectivity index (χ0n) is 12.7. The predicted molar refractivity (Wildman–Crippen MR) is 80.4 cm³/mol. The van der Waals surface area contributed by atoms with Gasteiger partial charge < -0.3 is 13.9 Å². The minimum Gasteiger partial charge on any atom is -0.497 e. The lowest BCUT2D eigenvalue weighted by molar-refractivity contribution is 0.309. The van der Waals surface area contributed by atoms with E-state index in [1.165, 1.54) is 17.5 Å². The van der Waals surface area contributed by atoms with Gasteiger partial charge in [0.05, 0.1) is 20.8 Å². The summed E-state index contributed by atoms with van der Waals surface area (Å²) in [5.74, 6) is 1.74. The number of hydrogen-bond donors (Lipinski definition) is 0. The van der Waals surface area contributed by atoms with Crippen LogP contribution >= 0.6 is 0 Å². The van der Waals surface area contributed by atoms with Gasteiger partial charge in [-0.25, -0.2) is 0 Å². The van der Waals surface area contributed by atoms with Gasteiger partial charge >= 0.3 is 0 Å². The van der Waals surface area contributed by atoms with Crippen molar-refractivity contribution in [2.24, 2.45) is 0 Å². The van der Waals surface area contributed by atoms with Crippen LogP contribution in [0.1, 0.15) is 30.9 Å². The molecule has 1 radical (unpaired) electrons. The summed E-state index contributed by atoms with van der Waals surface area (Å²) >= 11 is 0. The van der Waals surface area contributed by atoms with E-state index < -0.39 is 9.04 Å². The Morgan fingerprint density at radius 1 is 1.11 bits per heavy atom. The minimum absolute atomic E-state index is 0.647. The maximum Gasteiger partial charge on any atom is 0.205 e. The molecule has 1 rings (SSSR count). The summed E-state index contributed by atoms with van der Waals surface area (Å²) in [6.07, 6.45) is 3.36. The third-order valence-corrected chi connectivity index (χ3v) is 3.75. The monoisotopic (exact) mass is 281 g/mol. The van der Waals surface area contributed by atoms with Crippen molar-refractivity contribution in [1.29, 1.82) is 0 Å². The van der Waals surface area contributed by atoms with Crippen LogP contribution < -0.4 is 9.47 Å². The normalized spacial score (nSPS) is 10.8. The van der Waals surface area contributed by atoms with Gasteiger partial charge in [-0.2, -0.15) is 0 Å². The van der Waals surface area contributed by atoms with Gasteiger partial charge in [-0.1, -0.05) is 13.3 Å². The summed E-state index contributed by atoms with van der Waals surface area (Å²) in [5.41, 5.74) is 2.45. The second-order valence-electron chi connectivity index (χ2n) is 4.77. The predicted octanol–water partition coefficient (Wildman–Crippen LogP) is 3.81. The van der Waals surface area contributed by atoms with Crippen LogP contribution in [0.4, 0.5) is 0 Å². The van der Waals surface area contributed by atoms with Gasteiger partial charge in [0.25, 0.3) is 0 Å². The highest BCUT2D eigenvalue weighted by molar-refractivity contribution is 6.48. The first-order valence-corrected chi connectivity index (χ1v) is 9.19. The lowest BCUT2D eigenvalue weighted by Gasteiger charge is -2.17. The van der Waals surface area contributed by atoms with E-state index in [2.05, 4.69) is 26.1 Å². The lowest BCUT2D eigenvalue weighted by Crippen LogP contribution is -2.09. The number of hydrogen-bond acceptors (Lipinski definition) is 3. The quantitative estimate of drug-likeness (QED) is 0.678. The number of unbranched alkanes of at least 4 members (excludes halogenated alkanes) is 1. The third-order valence-electron chi connectivity index (χ3n) is 3.03. The van der Waals surface area contributed by atoms with Crippen molar-refractivity contribution >= 4 is 9.04 Å². The Bertz CT molecular complexity index is 391. The van der Waals surface area contributed by atoms with E-state index in [9.17, 15) is 0 Å². The summed E-state index contributed by atoms with van der Waals surface area (Å²) in [6.45, 7) is 7.14. The molecule has 107 valence electrons. The molecular weight excluding hydrogens is 256 g/mol. The van der Waals surface area contributed by atoms with Gasteiger partial charge in [0, 0.05) is 6.07 Å². The Labute approximate surface area is 118 Å². The van der Waals surface area contributed by atoms with E-state index in [1.54, 1.807) is 14.2 Å². The number of benzene rings is 1. The molecule has 1 aromatic carbocycles. The maximum absolute atomic E-state index is 5.84. The SMILES string of the molecule is CCCCc1c(CO[Si](C)C)cc(OC)cc1OC. The molecule has 0 saturated carbocycles. The minimum atomic E-state index is -0.689. The highest BCUT2D eigenvalue weighted by atomic mass is 28.3. The van der Waals surface area contributed by atoms with Crippen molar-refractivity contribution in [3.05, 3.63) is 23.3 Å². The second kappa shape index (κ2) is 8.22. The Balaban J connectivity index is 3.05. The van der Waals surface area contributed by atoms with Crippen molar-refractivity contribution in [3.8, 4) is 11.5 Å². The molecule has 4 heteroatoms. The fourth-order valence-corrected chi connectivity index (χ4v) is 2.41. The van der Waals surface area contributed by atoms with Crippen LogP contribution in [0.2, 0.25) is 13.1 Å². The first-order chi connectivity index (χ1) is 9.12. The molecule has 0 unspecified atom stereocenters. The summed E-state index contributed by atoms with van der Waals surface area (Å²) in [5, 5.41) is 0. The number of ether oxygens (including phenoxy) is 2. The van der Waals surface area contributed by atoms with E-state index in [1.807, 2.05) is 6.07 Å². The van der Waals surface area contributed by atoms with Crippen LogP contribution in [0.3, 0.4) is 0 Å². The molecule has 0 spiro atoms. The van der Waals surface area contributed by atoms with Crippen molar-refractivity contribution in [1.82, 2.24) is 0 Å². The molecule has 0 aliphatic carbocycles. The molecule has 0 atom stereocenters. The Morgan fingerprint density at radius 3 is 2.37 bits per heavy atom. The largest absolute Gasteiger partial charge is 0.497 e. The van der Waals surface area contributed by atoms with Crippen molar-refractivity contribution in [3.63, 3.8) is 0 Å². The average Bonchev–Trinajstić information content (AvgIpc) is 2.42. The van der Waals surface area contributed by atoms with Crippen LogP contribution in [0.15, 0.2) is 12.1 Å². The van der Waals surface area contributed by atoms with Gasteiger partial charge in [0.2, 0.25) is 9.04 Å². The highest BCUT2D eigenvalue weighted by Gasteiger charge is 2.13. The van der Waals surface area contributed by atoms with Gasteiger partial charge in [0.1, 0.15) is 11.5 Å². The van der Waals surface area contributed by atoms with E-state index in [0.717, 1.165) is 24.3 Å². The molecule has 0 aliphatic heterocycles. The fraction of sp³-hybridized carbons (Fsp3) is 0.600. The molecule has 0 amide bonds. The molecule has 19 heavy (non-hydrogen) atoms. The van der Waals surface area contributed by atoms with Crippen LogP contribution in [0, 0.1) is 0 Å². The Hall–Kier alpha value is -1.00. The van der Waals surface area contributed by atoms with Crippen molar-refractivity contribution in [2.45, 2.75) is 45.9 Å². The van der Waals surface area contributed by atoms with Crippen LogP contribution in [-0.4, -0.2) is 23.3 Å². The summed E-state index contributed by atoms with van der Waals surface area (Å²) in [6, 6.07) is 4.02. The molecule has 0 saturated heterocycles. The summed E-state index contributed by atoms with van der Waals surface area (Å²) in [7, 11) is 2.70. The maximum atomic E-state index is 5.84. The molecule has 1 aromatic rings. The van der Waals surface area contributed by atoms with Gasteiger partial charge in [-0.15, -0.1) is 0 Å². The van der Waals surface area contributed by atoms with Gasteiger partial charge in [0.15, 0.2) is 0 Å². The second-order valence-corrected chi connectivity index (χ2v) is 6.87. The van der Waals surface area contributed by atoms with Crippen LogP contribution in [-0.2, 0) is 17.5 Å². The van der Waals surface area contributed by atoms with E-state index in [4.69, 9.17) is 13.9 Å². The van der Waals surface area contributed by atoms with E-state index in [0.29, 0.717) is 6.61 Å². The van der Waals surface area contributed by atoms with E-state index in [-0.39, 0.29) is 0 Å². The fourth-order valence-electron chi connectivity index (χ4n) is 1.96. The first-order valence-electron chi connectivity index (χ1n) is 6.79. The number of rotatable bonds is 8. The van der Waals surface area contributed by atoms with Gasteiger partial charge in [-0.3, -0.25) is 0 Å². The highest BCUT2D eigenvalue weighted by Crippen LogP contribution is 2.30. The average molecular weight is 281 g/mol. The summed E-state index contributed by atoms with van der Waals surface area (Å²) < 4.78 is 16.7. The molecule has 0 aromatic heterocycles. The number of methoxy groups -OCH3 is 2. The molecule has 3 nitrogen and oxygen atoms in total. The lowest BCUT2D eigenvalue weighted by atomic mass is 10.0. The first kappa shape index (κ1) is 16.1. The molecular formula is C15H25O3Si. The zero-order chi connectivity index (χ0) is 14.3. The Morgan fingerprint density at radius 2 is 1.84 bits per heavy atom. The molecule has 0 aliphatic rings. The molecule has 0 fully saturated rings. The van der Waals surface area contributed by atoms with Crippen LogP contribution in [0.5, 0.6) is 11.5 Å². The molecule has 0 N–H and O–H groups in total. The standard InChI is InChI=1S/C15H25O3Si/c1-6-7-8-14-12(11-18-19(4)5)9-13(16-2)10-15(14)17-3/h9-10H,6-8,11H2,1-5H3. The van der Waals surface area contributed by atoms with Gasteiger partial charge in [-0.05, 0) is 43.1 Å². The van der Waals surface area contributed by atoms with Crippen molar-refractivity contribution in [2.75, 3.05) is 14.2 Å². The smallest absolute Gasteiger partial charge is 0.205 e. The zero-order valence-corrected chi connectivity index (χ0v) is 13.7.